The molecular formula is C22H38O3. The van der Waals surface area contributed by atoms with E-state index in [1.807, 2.05) is 0 Å². The highest BCUT2D eigenvalue weighted by Gasteiger charge is 2.54. The molecule has 3 nitrogen and oxygen atoms in total. The van der Waals surface area contributed by atoms with Gasteiger partial charge in [0.15, 0.2) is 0 Å². The Morgan fingerprint density at radius 1 is 1.36 bits per heavy atom. The van der Waals surface area contributed by atoms with Gasteiger partial charge in [0, 0.05) is 6.92 Å². The number of hydrogen-bond donors (Lipinski definition) is 1. The molecule has 2 aliphatic rings. The molecule has 0 amide bonds. The van der Waals surface area contributed by atoms with Gasteiger partial charge in [-0.2, -0.15) is 0 Å². The molecule has 0 aliphatic heterocycles. The first-order valence-electron chi connectivity index (χ1n) is 10.1. The van der Waals surface area contributed by atoms with Gasteiger partial charge in [-0.3, -0.25) is 4.79 Å². The Hall–Kier alpha value is -0.830. The number of esters is 1. The number of carbonyl (C=O) groups excluding carboxylic acids is 1. The number of rotatable bonds is 6. The molecule has 144 valence electrons. The second-order valence-corrected chi connectivity index (χ2v) is 9.48. The van der Waals surface area contributed by atoms with E-state index < -0.39 is 0 Å². The van der Waals surface area contributed by atoms with Crippen molar-refractivity contribution in [3.05, 3.63) is 11.6 Å². The molecule has 3 heteroatoms. The first kappa shape index (κ1) is 20.5. The Morgan fingerprint density at radius 2 is 2.04 bits per heavy atom. The third-order valence-corrected chi connectivity index (χ3v) is 7.39. The molecule has 0 heterocycles. The Bertz CT molecular complexity index is 507. The summed E-state index contributed by atoms with van der Waals surface area (Å²) in [7, 11) is 0. The molecular weight excluding hydrogens is 312 g/mol. The third kappa shape index (κ3) is 4.30. The molecule has 5 atom stereocenters. The van der Waals surface area contributed by atoms with Crippen molar-refractivity contribution in [3.8, 4) is 0 Å². The SMILES string of the molecule is CC(=O)OCC[C@@H](C)CC[C@H]1C(C)=CC[C@H]2C(C)(C)[C@@H](O)CC[C@]12C. The number of fused-ring (bicyclic) bond motifs is 1. The second kappa shape index (κ2) is 7.82. The van der Waals surface area contributed by atoms with Crippen LogP contribution in [-0.2, 0) is 9.53 Å². The van der Waals surface area contributed by atoms with Crippen LogP contribution in [0.4, 0.5) is 0 Å². The van der Waals surface area contributed by atoms with Crippen molar-refractivity contribution >= 4 is 5.97 Å². The Morgan fingerprint density at radius 3 is 2.68 bits per heavy atom. The quantitative estimate of drug-likeness (QED) is 0.534. The Labute approximate surface area is 154 Å². The summed E-state index contributed by atoms with van der Waals surface area (Å²) in [4.78, 5) is 10.9. The monoisotopic (exact) mass is 350 g/mol. The first-order chi connectivity index (χ1) is 11.6. The zero-order chi connectivity index (χ0) is 18.8. The molecule has 1 saturated carbocycles. The fourth-order valence-corrected chi connectivity index (χ4v) is 5.59. The molecule has 1 N–H and O–H groups in total. The standard InChI is InChI=1S/C22H38O3/c1-15(12-14-25-17(3)23)7-9-18-16(2)8-10-19-21(4,5)20(24)11-13-22(18,19)6/h8,15,18-20,24H,7,9-14H2,1-6H3/t15-,18-,19-,20-,22+/m0/s1. The summed E-state index contributed by atoms with van der Waals surface area (Å²) in [6.45, 7) is 13.6. The number of ether oxygens (including phenoxy) is 1. The lowest BCUT2D eigenvalue weighted by Crippen LogP contribution is -2.54. The van der Waals surface area contributed by atoms with E-state index in [9.17, 15) is 9.90 Å². The molecule has 0 saturated heterocycles. The number of hydrogen-bond acceptors (Lipinski definition) is 3. The lowest BCUT2D eigenvalue weighted by molar-refractivity contribution is -0.141. The predicted octanol–water partition coefficient (Wildman–Crippen LogP) is 5.13. The Kier molecular flexibility index (Phi) is 6.40. The van der Waals surface area contributed by atoms with E-state index in [0.29, 0.717) is 24.4 Å². The highest BCUT2D eigenvalue weighted by atomic mass is 16.5. The van der Waals surface area contributed by atoms with Crippen molar-refractivity contribution in [1.29, 1.82) is 0 Å². The van der Waals surface area contributed by atoms with E-state index in [-0.39, 0.29) is 22.9 Å². The molecule has 25 heavy (non-hydrogen) atoms. The normalized spacial score (nSPS) is 35.5. The van der Waals surface area contributed by atoms with Crippen LogP contribution >= 0.6 is 0 Å². The predicted molar refractivity (Wildman–Crippen MR) is 102 cm³/mol. The number of aliphatic hydroxyl groups excluding tert-OH is 1. The van der Waals surface area contributed by atoms with Crippen molar-refractivity contribution in [2.75, 3.05) is 6.61 Å². The fourth-order valence-electron chi connectivity index (χ4n) is 5.59. The summed E-state index contributed by atoms with van der Waals surface area (Å²) < 4.78 is 5.09. The van der Waals surface area contributed by atoms with Gasteiger partial charge in [0.1, 0.15) is 0 Å². The number of carbonyl (C=O) groups is 1. The Balaban J connectivity index is 2.03. The van der Waals surface area contributed by atoms with Crippen molar-refractivity contribution in [3.63, 3.8) is 0 Å². The summed E-state index contributed by atoms with van der Waals surface area (Å²) in [5.74, 6) is 1.54. The van der Waals surface area contributed by atoms with Gasteiger partial charge < -0.3 is 9.84 Å². The van der Waals surface area contributed by atoms with Gasteiger partial charge in [0.05, 0.1) is 12.7 Å². The molecule has 0 spiro atoms. The van der Waals surface area contributed by atoms with Crippen LogP contribution < -0.4 is 0 Å². The molecule has 0 radical (unpaired) electrons. The van der Waals surface area contributed by atoms with Crippen LogP contribution in [0.15, 0.2) is 11.6 Å². The topological polar surface area (TPSA) is 46.5 Å². The van der Waals surface area contributed by atoms with Crippen molar-refractivity contribution in [2.24, 2.45) is 28.6 Å². The molecule has 2 rings (SSSR count). The minimum absolute atomic E-state index is 0.0105. The molecule has 2 aliphatic carbocycles. The lowest BCUT2D eigenvalue weighted by atomic mass is 9.47. The van der Waals surface area contributed by atoms with Crippen molar-refractivity contribution in [1.82, 2.24) is 0 Å². The maximum Gasteiger partial charge on any atom is 0.302 e. The van der Waals surface area contributed by atoms with E-state index in [0.717, 1.165) is 25.7 Å². The molecule has 0 bridgehead atoms. The fraction of sp³-hybridized carbons (Fsp3) is 0.864. The van der Waals surface area contributed by atoms with E-state index in [2.05, 4.69) is 40.7 Å². The third-order valence-electron chi connectivity index (χ3n) is 7.39. The molecule has 0 unspecified atom stereocenters. The van der Waals surface area contributed by atoms with Gasteiger partial charge in [-0.1, -0.05) is 39.3 Å². The van der Waals surface area contributed by atoms with Crippen LogP contribution in [0.3, 0.4) is 0 Å². The second-order valence-electron chi connectivity index (χ2n) is 9.48. The van der Waals surface area contributed by atoms with Crippen LogP contribution in [0, 0.1) is 28.6 Å². The zero-order valence-corrected chi connectivity index (χ0v) is 17.1. The van der Waals surface area contributed by atoms with Crippen LogP contribution in [-0.4, -0.2) is 23.8 Å². The maximum atomic E-state index is 10.9. The maximum absolute atomic E-state index is 10.9. The molecule has 0 aromatic carbocycles. The largest absolute Gasteiger partial charge is 0.466 e. The number of allylic oxidation sites excluding steroid dienone is 2. The molecule has 1 fully saturated rings. The van der Waals surface area contributed by atoms with E-state index in [1.54, 1.807) is 0 Å². The zero-order valence-electron chi connectivity index (χ0n) is 17.1. The van der Waals surface area contributed by atoms with Crippen molar-refractivity contribution < 1.29 is 14.6 Å². The van der Waals surface area contributed by atoms with Crippen LogP contribution in [0.1, 0.15) is 80.1 Å². The van der Waals surface area contributed by atoms with E-state index >= 15 is 0 Å². The summed E-state index contributed by atoms with van der Waals surface area (Å²) in [6, 6.07) is 0. The minimum Gasteiger partial charge on any atom is -0.466 e. The molecule has 0 aromatic heterocycles. The van der Waals surface area contributed by atoms with Gasteiger partial charge in [0.25, 0.3) is 0 Å². The van der Waals surface area contributed by atoms with Crippen LogP contribution in [0.25, 0.3) is 0 Å². The number of aliphatic hydroxyl groups is 1. The minimum atomic E-state index is -0.184. The van der Waals surface area contributed by atoms with E-state index in [4.69, 9.17) is 4.74 Å². The van der Waals surface area contributed by atoms with E-state index in [1.165, 1.54) is 25.3 Å². The lowest BCUT2D eigenvalue weighted by Gasteiger charge is -2.58. The average Bonchev–Trinajstić information content (AvgIpc) is 2.50. The summed E-state index contributed by atoms with van der Waals surface area (Å²) in [5, 5.41) is 10.5. The van der Waals surface area contributed by atoms with Gasteiger partial charge in [-0.15, -0.1) is 0 Å². The van der Waals surface area contributed by atoms with Crippen LogP contribution in [0.5, 0.6) is 0 Å². The highest BCUT2D eigenvalue weighted by Crippen LogP contribution is 2.60. The van der Waals surface area contributed by atoms with Gasteiger partial charge in [-0.05, 0) is 74.0 Å². The smallest absolute Gasteiger partial charge is 0.302 e. The van der Waals surface area contributed by atoms with Gasteiger partial charge >= 0.3 is 5.97 Å². The first-order valence-corrected chi connectivity index (χ1v) is 10.1. The van der Waals surface area contributed by atoms with Crippen LogP contribution in [0.2, 0.25) is 0 Å². The molecule has 0 aromatic rings. The summed E-state index contributed by atoms with van der Waals surface area (Å²) >= 11 is 0. The summed E-state index contributed by atoms with van der Waals surface area (Å²) in [5.41, 5.74) is 1.82. The van der Waals surface area contributed by atoms with Gasteiger partial charge in [0.2, 0.25) is 0 Å². The average molecular weight is 351 g/mol. The van der Waals surface area contributed by atoms with Crippen molar-refractivity contribution in [2.45, 2.75) is 86.2 Å². The summed E-state index contributed by atoms with van der Waals surface area (Å²) in [6.07, 6.45) is 8.71. The highest BCUT2D eigenvalue weighted by molar-refractivity contribution is 5.65. The van der Waals surface area contributed by atoms with Gasteiger partial charge in [-0.25, -0.2) is 0 Å².